The van der Waals surface area contributed by atoms with Gasteiger partial charge in [-0.2, -0.15) is 13.2 Å². The third kappa shape index (κ3) is 3.90. The number of hydrogen-bond acceptors (Lipinski definition) is 5. The maximum atomic E-state index is 12.5. The number of rotatable bonds is 3. The van der Waals surface area contributed by atoms with Gasteiger partial charge in [0.1, 0.15) is 6.10 Å². The van der Waals surface area contributed by atoms with Gasteiger partial charge in [-0.15, -0.1) is 11.3 Å². The molecule has 142 valence electrons. The summed E-state index contributed by atoms with van der Waals surface area (Å²) in [6, 6.07) is 2.25. The number of nitrogens with zero attached hydrogens (tertiary/aromatic N) is 2. The van der Waals surface area contributed by atoms with Crippen molar-refractivity contribution in [3.05, 3.63) is 21.9 Å². The molecule has 1 atom stereocenters. The molecule has 6 nitrogen and oxygen atoms in total. The first-order valence-electron chi connectivity index (χ1n) is 8.18. The van der Waals surface area contributed by atoms with E-state index in [9.17, 15) is 27.6 Å². The first-order valence-corrected chi connectivity index (χ1v) is 9.00. The van der Waals surface area contributed by atoms with Crippen molar-refractivity contribution >= 4 is 28.9 Å². The first kappa shape index (κ1) is 18.8. The van der Waals surface area contributed by atoms with Gasteiger partial charge in [0, 0.05) is 32.8 Å². The molecule has 0 radical (unpaired) electrons. The van der Waals surface area contributed by atoms with Crippen LogP contribution in [0.15, 0.2) is 12.1 Å². The monoisotopic (exact) mass is 390 g/mol. The van der Waals surface area contributed by atoms with Gasteiger partial charge in [0.25, 0.3) is 17.6 Å². The van der Waals surface area contributed by atoms with Gasteiger partial charge in [0.05, 0.1) is 9.75 Å². The number of halogens is 3. The second-order valence-corrected chi connectivity index (χ2v) is 7.19. The van der Waals surface area contributed by atoms with Crippen LogP contribution in [0.2, 0.25) is 0 Å². The van der Waals surface area contributed by atoms with Crippen molar-refractivity contribution in [1.82, 2.24) is 9.80 Å². The Morgan fingerprint density at radius 2 is 1.65 bits per heavy atom. The van der Waals surface area contributed by atoms with Crippen molar-refractivity contribution in [2.24, 2.45) is 0 Å². The molecule has 0 aromatic carbocycles. The number of carbonyl (C=O) groups excluding carboxylic acids is 3. The Morgan fingerprint density at radius 1 is 1.04 bits per heavy atom. The Morgan fingerprint density at radius 3 is 2.23 bits per heavy atom. The highest BCUT2D eigenvalue weighted by Gasteiger charge is 2.40. The quantitative estimate of drug-likeness (QED) is 0.740. The number of piperazine rings is 1. The standard InChI is InChI=1S/C16H17F3N2O4S/c17-16(18,19)13(22)11-3-4-12(26-11)15(24)21-7-5-20(6-8-21)14(23)10-2-1-9-25-10/h3-4,10H,1-2,5-9H2. The molecule has 10 heteroatoms. The minimum Gasteiger partial charge on any atom is -0.368 e. The summed E-state index contributed by atoms with van der Waals surface area (Å²) in [5.41, 5.74) is 0. The molecule has 2 amide bonds. The summed E-state index contributed by atoms with van der Waals surface area (Å²) >= 11 is 0.536. The van der Waals surface area contributed by atoms with Crippen LogP contribution >= 0.6 is 11.3 Å². The molecule has 26 heavy (non-hydrogen) atoms. The van der Waals surface area contributed by atoms with Crippen molar-refractivity contribution in [3.8, 4) is 0 Å². The Balaban J connectivity index is 1.58. The maximum Gasteiger partial charge on any atom is 0.455 e. The predicted molar refractivity (Wildman–Crippen MR) is 86.2 cm³/mol. The van der Waals surface area contributed by atoms with Crippen LogP contribution < -0.4 is 0 Å². The summed E-state index contributed by atoms with van der Waals surface area (Å²) in [6.07, 6.45) is -3.82. The summed E-state index contributed by atoms with van der Waals surface area (Å²) in [6.45, 7) is 1.86. The van der Waals surface area contributed by atoms with Crippen LogP contribution in [0.4, 0.5) is 13.2 Å². The van der Waals surface area contributed by atoms with Gasteiger partial charge < -0.3 is 14.5 Å². The second-order valence-electron chi connectivity index (χ2n) is 6.11. The number of alkyl halides is 3. The molecule has 1 unspecified atom stereocenters. The number of hydrogen-bond donors (Lipinski definition) is 0. The van der Waals surface area contributed by atoms with Gasteiger partial charge in [-0.1, -0.05) is 0 Å². The Bertz CT molecular complexity index is 705. The molecule has 0 N–H and O–H groups in total. The largest absolute Gasteiger partial charge is 0.455 e. The van der Waals surface area contributed by atoms with E-state index in [-0.39, 0.29) is 23.9 Å². The SMILES string of the molecule is O=C(c1ccc(C(=O)C(F)(F)F)s1)N1CCN(C(=O)C2CCCO2)CC1. The van der Waals surface area contributed by atoms with Crippen LogP contribution in [-0.2, 0) is 9.53 Å². The topological polar surface area (TPSA) is 66.9 Å². The van der Waals surface area contributed by atoms with Crippen LogP contribution in [0.1, 0.15) is 32.2 Å². The number of ketones is 1. The van der Waals surface area contributed by atoms with E-state index in [1.807, 2.05) is 0 Å². The lowest BCUT2D eigenvalue weighted by molar-refractivity contribution is -0.142. The van der Waals surface area contributed by atoms with Crippen molar-refractivity contribution in [2.75, 3.05) is 32.8 Å². The number of thiophene rings is 1. The van der Waals surface area contributed by atoms with Crippen LogP contribution in [0, 0.1) is 0 Å². The maximum absolute atomic E-state index is 12.5. The molecule has 0 bridgehead atoms. The molecule has 3 heterocycles. The fraction of sp³-hybridized carbons (Fsp3) is 0.562. The van der Waals surface area contributed by atoms with Crippen LogP contribution in [0.25, 0.3) is 0 Å². The van der Waals surface area contributed by atoms with Crippen molar-refractivity contribution in [1.29, 1.82) is 0 Å². The van der Waals surface area contributed by atoms with Crippen LogP contribution in [-0.4, -0.2) is 72.5 Å². The smallest absolute Gasteiger partial charge is 0.368 e. The van der Waals surface area contributed by atoms with E-state index >= 15 is 0 Å². The number of ether oxygens (including phenoxy) is 1. The summed E-state index contributed by atoms with van der Waals surface area (Å²) in [7, 11) is 0. The van der Waals surface area contributed by atoms with E-state index in [2.05, 4.69) is 0 Å². The minimum absolute atomic E-state index is 0.0798. The van der Waals surface area contributed by atoms with Crippen LogP contribution in [0.3, 0.4) is 0 Å². The molecule has 2 aliphatic heterocycles. The van der Waals surface area contributed by atoms with Crippen molar-refractivity contribution in [2.45, 2.75) is 25.1 Å². The zero-order valence-corrected chi connectivity index (χ0v) is 14.6. The second kappa shape index (κ2) is 7.36. The lowest BCUT2D eigenvalue weighted by atomic mass is 10.2. The Hall–Kier alpha value is -1.94. The Kier molecular flexibility index (Phi) is 5.33. The molecule has 0 spiro atoms. The average molecular weight is 390 g/mol. The van der Waals surface area contributed by atoms with E-state index in [0.717, 1.165) is 12.5 Å². The van der Waals surface area contributed by atoms with Crippen molar-refractivity contribution in [3.63, 3.8) is 0 Å². The van der Waals surface area contributed by atoms with E-state index < -0.39 is 28.8 Å². The molecule has 2 aliphatic rings. The van der Waals surface area contributed by atoms with E-state index in [4.69, 9.17) is 4.74 Å². The average Bonchev–Trinajstić information content (AvgIpc) is 3.31. The fourth-order valence-electron chi connectivity index (χ4n) is 2.98. The van der Waals surface area contributed by atoms with Gasteiger partial charge in [0.15, 0.2) is 0 Å². The summed E-state index contributed by atoms with van der Waals surface area (Å²) in [4.78, 5) is 38.6. The number of Topliss-reactive ketones (excluding diaryl/α,β-unsaturated/α-hetero) is 1. The highest BCUT2D eigenvalue weighted by molar-refractivity contribution is 7.16. The normalized spacial score (nSPS) is 21.1. The molecule has 2 fully saturated rings. The van der Waals surface area contributed by atoms with E-state index in [1.165, 1.54) is 11.0 Å². The molecule has 2 saturated heterocycles. The van der Waals surface area contributed by atoms with Gasteiger partial charge >= 0.3 is 6.18 Å². The molecule has 0 aliphatic carbocycles. The van der Waals surface area contributed by atoms with Gasteiger partial charge in [-0.05, 0) is 25.0 Å². The molecule has 3 rings (SSSR count). The van der Waals surface area contributed by atoms with Gasteiger partial charge in [0.2, 0.25) is 0 Å². The molecule has 0 saturated carbocycles. The third-order valence-electron chi connectivity index (χ3n) is 4.38. The molecular formula is C16H17F3N2O4S. The minimum atomic E-state index is -4.96. The lowest BCUT2D eigenvalue weighted by Gasteiger charge is -2.35. The van der Waals surface area contributed by atoms with Gasteiger partial charge in [-0.3, -0.25) is 14.4 Å². The van der Waals surface area contributed by atoms with Crippen LogP contribution in [0.5, 0.6) is 0 Å². The highest BCUT2D eigenvalue weighted by Crippen LogP contribution is 2.27. The molecular weight excluding hydrogens is 373 g/mol. The zero-order chi connectivity index (χ0) is 18.9. The lowest BCUT2D eigenvalue weighted by Crippen LogP contribution is -2.52. The van der Waals surface area contributed by atoms with Crippen molar-refractivity contribution < 1.29 is 32.3 Å². The van der Waals surface area contributed by atoms with E-state index in [1.54, 1.807) is 4.90 Å². The summed E-state index contributed by atoms with van der Waals surface area (Å²) in [5, 5.41) is 0. The molecule has 1 aromatic heterocycles. The van der Waals surface area contributed by atoms with E-state index in [0.29, 0.717) is 37.5 Å². The molecule has 1 aromatic rings. The Labute approximate surface area is 151 Å². The highest BCUT2D eigenvalue weighted by atomic mass is 32.1. The summed E-state index contributed by atoms with van der Waals surface area (Å²) < 4.78 is 42.8. The van der Waals surface area contributed by atoms with Gasteiger partial charge in [-0.25, -0.2) is 0 Å². The first-order chi connectivity index (χ1) is 12.3. The zero-order valence-electron chi connectivity index (χ0n) is 13.8. The summed E-state index contributed by atoms with van der Waals surface area (Å²) in [5.74, 6) is -2.46. The third-order valence-corrected chi connectivity index (χ3v) is 5.45. The fourth-order valence-corrected chi connectivity index (χ4v) is 3.91. The number of amides is 2. The number of carbonyl (C=O) groups is 3. The predicted octanol–water partition coefficient (Wildman–Crippen LogP) is 1.96.